The molecule has 4 rings (SSSR count). The normalized spacial score (nSPS) is 33.5. The van der Waals surface area contributed by atoms with E-state index >= 15 is 0 Å². The monoisotopic (exact) mass is 317 g/mol. The molecule has 6 heteroatoms. The Bertz CT molecular complexity index is 671. The minimum Gasteiger partial charge on any atom is -0.497 e. The number of carbonyl (C=O) groups is 2. The number of hydrogen-bond donors (Lipinski definition) is 1. The van der Waals surface area contributed by atoms with Gasteiger partial charge in [0.25, 0.3) is 0 Å². The summed E-state index contributed by atoms with van der Waals surface area (Å²) in [5.74, 6) is 0.757. The molecule has 3 aliphatic rings. The first-order valence-corrected chi connectivity index (χ1v) is 7.85. The van der Waals surface area contributed by atoms with Crippen molar-refractivity contribution < 1.29 is 23.8 Å². The minimum atomic E-state index is -0.293. The number of ether oxygens (including phenoxy) is 3. The van der Waals surface area contributed by atoms with Crippen molar-refractivity contribution in [2.24, 2.45) is 23.7 Å². The largest absolute Gasteiger partial charge is 0.497 e. The molecule has 1 amide bonds. The molecule has 2 aliphatic carbocycles. The number of rotatable bonds is 4. The summed E-state index contributed by atoms with van der Waals surface area (Å²) in [7, 11) is 3.12. The summed E-state index contributed by atoms with van der Waals surface area (Å²) in [6.07, 6.45) is 1.76. The lowest BCUT2D eigenvalue weighted by Gasteiger charge is -2.24. The van der Waals surface area contributed by atoms with Gasteiger partial charge in [0, 0.05) is 12.0 Å². The fourth-order valence-electron chi connectivity index (χ4n) is 4.48. The molecule has 23 heavy (non-hydrogen) atoms. The first-order valence-electron chi connectivity index (χ1n) is 7.85. The second-order valence-corrected chi connectivity index (χ2v) is 6.48. The van der Waals surface area contributed by atoms with Gasteiger partial charge in [-0.1, -0.05) is 0 Å². The van der Waals surface area contributed by atoms with Crippen molar-refractivity contribution in [1.82, 2.24) is 0 Å². The molecular weight excluding hydrogens is 298 g/mol. The summed E-state index contributed by atoms with van der Waals surface area (Å²) < 4.78 is 15.9. The van der Waals surface area contributed by atoms with E-state index in [1.807, 2.05) is 0 Å². The number of fused-ring (bicyclic) bond motifs is 1. The van der Waals surface area contributed by atoms with Gasteiger partial charge < -0.3 is 19.5 Å². The summed E-state index contributed by atoms with van der Waals surface area (Å²) >= 11 is 0. The number of methoxy groups -OCH3 is 2. The van der Waals surface area contributed by atoms with Crippen molar-refractivity contribution in [2.45, 2.75) is 18.9 Å². The predicted molar refractivity (Wildman–Crippen MR) is 81.2 cm³/mol. The van der Waals surface area contributed by atoms with E-state index in [1.165, 1.54) is 0 Å². The van der Waals surface area contributed by atoms with Crippen LogP contribution in [0.3, 0.4) is 0 Å². The zero-order chi connectivity index (χ0) is 16.1. The van der Waals surface area contributed by atoms with Crippen molar-refractivity contribution >= 4 is 17.6 Å². The van der Waals surface area contributed by atoms with Gasteiger partial charge in [-0.3, -0.25) is 9.59 Å². The third-order valence-corrected chi connectivity index (χ3v) is 5.45. The van der Waals surface area contributed by atoms with Crippen molar-refractivity contribution in [3.63, 3.8) is 0 Å². The lowest BCUT2D eigenvalue weighted by atomic mass is 9.79. The molecule has 2 bridgehead atoms. The molecule has 1 saturated heterocycles. The van der Waals surface area contributed by atoms with Gasteiger partial charge >= 0.3 is 5.97 Å². The van der Waals surface area contributed by atoms with Crippen LogP contribution in [0.4, 0.5) is 5.69 Å². The van der Waals surface area contributed by atoms with Crippen LogP contribution in [0.5, 0.6) is 11.5 Å². The molecule has 1 aromatic carbocycles. The van der Waals surface area contributed by atoms with E-state index in [1.54, 1.807) is 32.4 Å². The molecule has 1 N–H and O–H groups in total. The number of benzene rings is 1. The second-order valence-electron chi connectivity index (χ2n) is 6.48. The van der Waals surface area contributed by atoms with Crippen LogP contribution in [0.15, 0.2) is 18.2 Å². The third-order valence-electron chi connectivity index (χ3n) is 5.45. The number of amides is 1. The molecule has 5 atom stereocenters. The first kappa shape index (κ1) is 14.4. The molecule has 0 radical (unpaired) electrons. The van der Waals surface area contributed by atoms with Gasteiger partial charge in [0.2, 0.25) is 5.91 Å². The highest BCUT2D eigenvalue weighted by molar-refractivity contribution is 5.98. The third kappa shape index (κ3) is 2.08. The molecule has 0 unspecified atom stereocenters. The molecule has 0 aromatic heterocycles. The summed E-state index contributed by atoms with van der Waals surface area (Å²) in [5.41, 5.74) is 0.587. The van der Waals surface area contributed by atoms with E-state index < -0.39 is 0 Å². The quantitative estimate of drug-likeness (QED) is 0.858. The topological polar surface area (TPSA) is 73.9 Å². The molecule has 122 valence electrons. The zero-order valence-electron chi connectivity index (χ0n) is 13.1. The summed E-state index contributed by atoms with van der Waals surface area (Å²) in [5, 5.41) is 2.92. The van der Waals surface area contributed by atoms with E-state index in [9.17, 15) is 9.59 Å². The molecule has 0 spiro atoms. The fourth-order valence-corrected chi connectivity index (χ4v) is 4.48. The predicted octanol–water partition coefficient (Wildman–Crippen LogP) is 1.84. The smallest absolute Gasteiger partial charge is 0.310 e. The van der Waals surface area contributed by atoms with Crippen LogP contribution in [-0.2, 0) is 14.3 Å². The van der Waals surface area contributed by atoms with Crippen molar-refractivity contribution in [3.05, 3.63) is 18.2 Å². The van der Waals surface area contributed by atoms with Crippen LogP contribution in [0.25, 0.3) is 0 Å². The van der Waals surface area contributed by atoms with Crippen LogP contribution in [0, 0.1) is 23.7 Å². The van der Waals surface area contributed by atoms with Gasteiger partial charge in [-0.15, -0.1) is 0 Å². The Balaban J connectivity index is 1.56. The number of nitrogens with one attached hydrogen (secondary N) is 1. The highest BCUT2D eigenvalue weighted by Gasteiger charge is 2.63. The summed E-state index contributed by atoms with van der Waals surface area (Å²) in [6.45, 7) is 0. The second kappa shape index (κ2) is 5.15. The molecule has 2 saturated carbocycles. The maximum absolute atomic E-state index is 12.8. The zero-order valence-corrected chi connectivity index (χ0v) is 13.1. The number of carbonyl (C=O) groups excluding carboxylic acids is 2. The Labute approximate surface area is 134 Å². The van der Waals surface area contributed by atoms with Crippen LogP contribution in [0.1, 0.15) is 12.8 Å². The van der Waals surface area contributed by atoms with Gasteiger partial charge in [0.1, 0.15) is 17.6 Å². The summed E-state index contributed by atoms with van der Waals surface area (Å²) in [6, 6.07) is 5.23. The molecular formula is C17H19NO5. The van der Waals surface area contributed by atoms with Crippen molar-refractivity contribution in [2.75, 3.05) is 19.5 Å². The van der Waals surface area contributed by atoms with Gasteiger partial charge in [-0.2, -0.15) is 0 Å². The fraction of sp³-hybridized carbons (Fsp3) is 0.529. The Kier molecular flexibility index (Phi) is 3.21. The first-order chi connectivity index (χ1) is 11.1. The van der Waals surface area contributed by atoms with E-state index in [0.717, 1.165) is 12.8 Å². The standard InChI is InChI=1S/C17H19NO5/c1-21-9-3-4-11(13(7-9)22-2)18-16(19)14-8-5-10-12(6-8)23-17(20)15(10)14/h3-4,7-8,10,12,14-15H,5-6H2,1-2H3,(H,18,19)/t8-,10-,12+,14-,15-/m0/s1. The average Bonchev–Trinajstić information content (AvgIpc) is 3.16. The van der Waals surface area contributed by atoms with Gasteiger partial charge in [0.15, 0.2) is 0 Å². The summed E-state index contributed by atoms with van der Waals surface area (Å²) in [4.78, 5) is 24.8. The molecule has 1 aromatic rings. The van der Waals surface area contributed by atoms with E-state index in [0.29, 0.717) is 17.2 Å². The van der Waals surface area contributed by atoms with E-state index in [2.05, 4.69) is 5.32 Å². The molecule has 6 nitrogen and oxygen atoms in total. The average molecular weight is 317 g/mol. The number of hydrogen-bond acceptors (Lipinski definition) is 5. The Morgan fingerprint density at radius 1 is 1.26 bits per heavy atom. The van der Waals surface area contributed by atoms with Gasteiger partial charge in [-0.25, -0.2) is 0 Å². The highest BCUT2D eigenvalue weighted by atomic mass is 16.6. The molecule has 3 fully saturated rings. The number of anilines is 1. The van der Waals surface area contributed by atoms with Gasteiger partial charge in [0.05, 0.1) is 31.7 Å². The van der Waals surface area contributed by atoms with Gasteiger partial charge in [-0.05, 0) is 30.9 Å². The van der Waals surface area contributed by atoms with Crippen LogP contribution in [-0.4, -0.2) is 32.2 Å². The van der Waals surface area contributed by atoms with E-state index in [-0.39, 0.29) is 41.7 Å². The molecule has 1 heterocycles. The van der Waals surface area contributed by atoms with E-state index in [4.69, 9.17) is 14.2 Å². The Morgan fingerprint density at radius 3 is 2.83 bits per heavy atom. The maximum Gasteiger partial charge on any atom is 0.310 e. The SMILES string of the molecule is COc1ccc(NC(=O)[C@H]2[C@H]3C[C@@H]4[C@@H]2C(=O)O[C@@H]4C3)c(OC)c1. The highest BCUT2D eigenvalue weighted by Crippen LogP contribution is 2.57. The number of esters is 1. The van der Waals surface area contributed by atoms with Crippen LogP contribution >= 0.6 is 0 Å². The lowest BCUT2D eigenvalue weighted by molar-refractivity contribution is -0.145. The molecule has 1 aliphatic heterocycles. The lowest BCUT2D eigenvalue weighted by Crippen LogP contribution is -2.35. The van der Waals surface area contributed by atoms with Crippen LogP contribution < -0.4 is 14.8 Å². The maximum atomic E-state index is 12.8. The minimum absolute atomic E-state index is 0.0390. The Hall–Kier alpha value is -2.24. The van der Waals surface area contributed by atoms with Crippen molar-refractivity contribution in [1.29, 1.82) is 0 Å². The van der Waals surface area contributed by atoms with Crippen molar-refractivity contribution in [3.8, 4) is 11.5 Å². The Morgan fingerprint density at radius 2 is 2.09 bits per heavy atom. The van der Waals surface area contributed by atoms with Crippen LogP contribution in [0.2, 0.25) is 0 Å².